The maximum Gasteiger partial charge on any atom is 0.331 e. The smallest absolute Gasteiger partial charge is 0.331 e. The van der Waals surface area contributed by atoms with Crippen LogP contribution in [0.3, 0.4) is 0 Å². The number of aromatic nitrogens is 2. The van der Waals surface area contributed by atoms with Gasteiger partial charge in [0.1, 0.15) is 35.2 Å². The average Bonchev–Trinajstić information content (AvgIpc) is 1.46. The van der Waals surface area contributed by atoms with E-state index in [0.717, 1.165) is 167 Å². The Labute approximate surface area is 665 Å². The second kappa shape index (κ2) is 45.7. The molecular formula is C90H104N6O14S2. The zero-order chi connectivity index (χ0) is 78.5. The predicted molar refractivity (Wildman–Crippen MR) is 445 cm³/mol. The molecule has 0 aliphatic heterocycles. The molecule has 0 amide bonds. The third kappa shape index (κ3) is 27.4. The van der Waals surface area contributed by atoms with Crippen LogP contribution in [0.4, 0.5) is 10.3 Å². The van der Waals surface area contributed by atoms with Crippen LogP contribution in [0.25, 0.3) is 43.7 Å². The summed E-state index contributed by atoms with van der Waals surface area (Å²) in [5.41, 5.74) is 6.02. The molecule has 10 rings (SSSR count). The number of hydrazone groups is 2. The number of unbranched alkanes of at least 4 members (excludes halogenated alkanes) is 12. The van der Waals surface area contributed by atoms with E-state index in [1.807, 2.05) is 119 Å². The highest BCUT2D eigenvalue weighted by Gasteiger charge is 2.32. The molecule has 0 bridgehead atoms. The first kappa shape index (κ1) is 83.9. The molecule has 8 aromatic rings. The Hall–Kier alpha value is -10.6. The number of carbonyl (C=O) groups is 6. The fourth-order valence-electron chi connectivity index (χ4n) is 13.1. The Bertz CT molecular complexity index is 4140. The van der Waals surface area contributed by atoms with Crippen LogP contribution in [0.1, 0.15) is 190 Å². The van der Waals surface area contributed by atoms with Crippen molar-refractivity contribution in [2.24, 2.45) is 22.0 Å². The van der Waals surface area contributed by atoms with Crippen LogP contribution in [0.15, 0.2) is 181 Å². The fourth-order valence-corrected chi connectivity index (χ4v) is 15.0. The summed E-state index contributed by atoms with van der Waals surface area (Å²) in [5.74, 6) is -1.32. The molecule has 2 fully saturated rings. The molecule has 2 aliphatic rings. The first-order valence-electron chi connectivity index (χ1n) is 39.7. The molecule has 2 saturated carbocycles. The summed E-state index contributed by atoms with van der Waals surface area (Å²) in [5, 5.41) is 15.6. The Morgan fingerprint density at radius 3 is 1.21 bits per heavy atom. The highest BCUT2D eigenvalue weighted by molar-refractivity contribution is 7.22. The summed E-state index contributed by atoms with van der Waals surface area (Å²) in [6, 6.07) is 42.3. The standard InChI is InChI=1S/C90H104N6O14S2/c1-5-9-11-21-55-95(89-93-77-27-17-19-29-81(77)111-89)91-63-71-61-69(41-51-79(71)109-87(101)67-37-47-75(48-38-67)107-85(99)53-35-65-31-43-73(44-32-65)103-57-23-13-15-25-59-105-83(97)7-3)70-42-52-80(72(62-70)64-92-96(56-22-12-10-6-2)90-94-78-28-18-20-30-82(78)112-90)110-88(102)68-39-49-76(50-40-68)108-86(100)54-36-66-33-45-74(46-34-66)104-58-24-14-16-26-60-106-84(98)8-4/h7-8,17-20,27-36,41-46,51-54,61-64,67-68,75-76H,3-6,9-16,21-26,37-40,47-50,55-60H2,1-2H3/b53-35+,54-36+,91-63+,92-64+. The van der Waals surface area contributed by atoms with E-state index in [1.54, 1.807) is 59.4 Å². The number of fused-ring (bicyclic) bond motifs is 2. The zero-order valence-electron chi connectivity index (χ0n) is 64.5. The average molecular weight is 1560 g/mol. The molecule has 2 heterocycles. The third-order valence-corrected chi connectivity index (χ3v) is 21.6. The van der Waals surface area contributed by atoms with Gasteiger partial charge in [0.25, 0.3) is 0 Å². The number of carbonyl (C=O) groups excluding carboxylic acids is 6. The van der Waals surface area contributed by atoms with Crippen molar-refractivity contribution in [1.29, 1.82) is 0 Å². The maximum absolute atomic E-state index is 14.4. The lowest BCUT2D eigenvalue weighted by atomic mass is 9.87. The Morgan fingerprint density at radius 1 is 0.446 bits per heavy atom. The minimum absolute atomic E-state index is 0.322. The molecule has 112 heavy (non-hydrogen) atoms. The van der Waals surface area contributed by atoms with Crippen LogP contribution in [-0.4, -0.2) is 110 Å². The molecule has 0 unspecified atom stereocenters. The highest BCUT2D eigenvalue weighted by Crippen LogP contribution is 2.37. The maximum atomic E-state index is 14.4. The summed E-state index contributed by atoms with van der Waals surface area (Å²) in [7, 11) is 0. The fraction of sp³-hybridized carbons (Fsp3) is 0.400. The van der Waals surface area contributed by atoms with E-state index in [-0.39, 0.29) is 12.2 Å². The summed E-state index contributed by atoms with van der Waals surface area (Å²) >= 11 is 3.13. The Kier molecular flexibility index (Phi) is 34.2. The van der Waals surface area contributed by atoms with E-state index in [2.05, 4.69) is 39.1 Å². The zero-order valence-corrected chi connectivity index (χ0v) is 66.1. The summed E-state index contributed by atoms with van der Waals surface area (Å²) < 4.78 is 48.6. The van der Waals surface area contributed by atoms with Crippen molar-refractivity contribution in [2.75, 3.05) is 49.5 Å². The molecular weight excluding hydrogens is 1450 g/mol. The molecule has 590 valence electrons. The number of ether oxygens (including phenoxy) is 8. The highest BCUT2D eigenvalue weighted by atomic mass is 32.1. The minimum atomic E-state index is -0.462. The van der Waals surface area contributed by atoms with Crippen LogP contribution >= 0.6 is 22.7 Å². The van der Waals surface area contributed by atoms with Crippen molar-refractivity contribution in [2.45, 2.75) is 180 Å². The van der Waals surface area contributed by atoms with Gasteiger partial charge in [-0.05, 0) is 223 Å². The first-order chi connectivity index (χ1) is 54.8. The van der Waals surface area contributed by atoms with Crippen molar-refractivity contribution in [3.63, 3.8) is 0 Å². The van der Waals surface area contributed by atoms with Crippen molar-refractivity contribution in [1.82, 2.24) is 9.97 Å². The number of hydrogen-bond donors (Lipinski definition) is 0. The SMILES string of the molecule is C=CC(=O)OCCCCCCOc1ccc(/C=C/C(=O)OC2CCC(C(=O)Oc3ccc(-c4ccc(OC(=O)C5CCC(OC(=O)/C=C/c6ccc(OCCCCCCOC(=O)C=C)cc6)CC5)c(/C=N/N(CCCCCC)c5nc6ccccc6s5)c4)cc3/C=N/N(CCCCCC)c3nc4ccccc4s3)CC2)cc1. The molecule has 6 aromatic carbocycles. The van der Waals surface area contributed by atoms with Crippen LogP contribution in [-0.2, 0) is 47.7 Å². The minimum Gasteiger partial charge on any atom is -0.494 e. The quantitative estimate of drug-likeness (QED) is 0.00656. The van der Waals surface area contributed by atoms with E-state index < -0.39 is 47.7 Å². The van der Waals surface area contributed by atoms with E-state index in [4.69, 9.17) is 58.1 Å². The van der Waals surface area contributed by atoms with Gasteiger partial charge in [-0.15, -0.1) is 0 Å². The van der Waals surface area contributed by atoms with Crippen LogP contribution in [0.2, 0.25) is 0 Å². The lowest BCUT2D eigenvalue weighted by molar-refractivity contribution is -0.148. The van der Waals surface area contributed by atoms with Gasteiger partial charge in [0.05, 0.1) is 71.1 Å². The molecule has 20 nitrogen and oxygen atoms in total. The Morgan fingerprint density at radius 2 is 0.830 bits per heavy atom. The summed E-state index contributed by atoms with van der Waals surface area (Å²) in [4.78, 5) is 87.7. The normalized spacial score (nSPS) is 15.7. The van der Waals surface area contributed by atoms with Crippen molar-refractivity contribution < 1.29 is 66.7 Å². The molecule has 0 spiro atoms. The monoisotopic (exact) mass is 1560 g/mol. The number of hydrogen-bond acceptors (Lipinski definition) is 22. The molecule has 22 heteroatoms. The Balaban J connectivity index is 0.823. The second-order valence-corrected chi connectivity index (χ2v) is 30.0. The number of thiazole rings is 2. The summed E-state index contributed by atoms with van der Waals surface area (Å²) in [6.45, 7) is 14.3. The molecule has 0 N–H and O–H groups in total. The molecule has 2 aliphatic carbocycles. The van der Waals surface area contributed by atoms with Crippen molar-refractivity contribution in [3.05, 3.63) is 193 Å². The topological polar surface area (TPSA) is 233 Å². The van der Waals surface area contributed by atoms with E-state index >= 15 is 0 Å². The van der Waals surface area contributed by atoms with E-state index in [1.165, 1.54) is 24.3 Å². The van der Waals surface area contributed by atoms with Gasteiger partial charge in [0.15, 0.2) is 0 Å². The van der Waals surface area contributed by atoms with Gasteiger partial charge < -0.3 is 37.9 Å². The van der Waals surface area contributed by atoms with Gasteiger partial charge in [-0.2, -0.15) is 10.2 Å². The van der Waals surface area contributed by atoms with Gasteiger partial charge in [-0.25, -0.2) is 39.2 Å². The second-order valence-electron chi connectivity index (χ2n) is 28.0. The number of esters is 6. The lowest BCUT2D eigenvalue weighted by Crippen LogP contribution is -2.30. The molecule has 2 aromatic heterocycles. The van der Waals surface area contributed by atoms with Crippen molar-refractivity contribution >= 4 is 114 Å². The van der Waals surface area contributed by atoms with E-state index in [9.17, 15) is 28.8 Å². The number of para-hydroxylation sites is 2. The first-order valence-corrected chi connectivity index (χ1v) is 41.3. The van der Waals surface area contributed by atoms with Crippen LogP contribution in [0, 0.1) is 11.8 Å². The predicted octanol–water partition coefficient (Wildman–Crippen LogP) is 20.2. The van der Waals surface area contributed by atoms with E-state index in [0.29, 0.717) is 114 Å². The number of benzene rings is 6. The van der Waals surface area contributed by atoms with Crippen LogP contribution < -0.4 is 29.0 Å². The largest absolute Gasteiger partial charge is 0.494 e. The van der Waals surface area contributed by atoms with Gasteiger partial charge in [0.2, 0.25) is 10.3 Å². The number of rotatable bonds is 45. The molecule has 0 saturated heterocycles. The van der Waals surface area contributed by atoms with Gasteiger partial charge >= 0.3 is 35.8 Å². The number of nitrogens with zero attached hydrogens (tertiary/aromatic N) is 6. The van der Waals surface area contributed by atoms with Gasteiger partial charge in [-0.1, -0.05) is 149 Å². The number of anilines is 2. The van der Waals surface area contributed by atoms with Gasteiger partial charge in [-0.3, -0.25) is 9.59 Å². The van der Waals surface area contributed by atoms with Gasteiger partial charge in [0, 0.05) is 48.5 Å². The lowest BCUT2D eigenvalue weighted by Gasteiger charge is -2.27. The summed E-state index contributed by atoms with van der Waals surface area (Å²) in [6.07, 6.45) is 30.3. The molecule has 0 radical (unpaired) electrons. The van der Waals surface area contributed by atoms with Crippen LogP contribution in [0.5, 0.6) is 23.0 Å². The third-order valence-electron chi connectivity index (χ3n) is 19.5. The van der Waals surface area contributed by atoms with Crippen molar-refractivity contribution in [3.8, 4) is 34.1 Å². The molecule has 0 atom stereocenters.